The fraction of sp³-hybridized carbons (Fsp3) is 1.00. The molecular weight excluding hydrogens is 320 g/mol. The van der Waals surface area contributed by atoms with E-state index in [0.29, 0.717) is 0 Å². The highest BCUT2D eigenvalue weighted by Gasteiger charge is 2.46. The van der Waals surface area contributed by atoms with Crippen molar-refractivity contribution in [2.45, 2.75) is 55.1 Å². The Kier molecular flexibility index (Phi) is 8.20. The molecule has 0 aromatic carbocycles. The van der Waals surface area contributed by atoms with E-state index in [0.717, 1.165) is 0 Å². The Hall–Kier alpha value is -0.440. The van der Waals surface area contributed by atoms with Crippen LogP contribution in [0.25, 0.3) is 0 Å². The predicted molar refractivity (Wildman–Crippen MR) is 70.8 cm³/mol. The van der Waals surface area contributed by atoms with Gasteiger partial charge in [0.15, 0.2) is 6.29 Å². The highest BCUT2D eigenvalue weighted by Crippen LogP contribution is 2.24. The second-order valence-corrected chi connectivity index (χ2v) is 5.29. The van der Waals surface area contributed by atoms with Crippen LogP contribution in [0.3, 0.4) is 0 Å². The summed E-state index contributed by atoms with van der Waals surface area (Å²) in [6, 6.07) is 0. The standard InChI is InChI=1S/C12H24O11/c13-1-4(16)7(18)11(5(17)2-14)23-12-10(21)9(20)8(19)6(3-15)22-12/h4-21H,1-3H2/t4-,5+,6-,7-,8-,9+,10-,11-,12+/m1/s1. The van der Waals surface area contributed by atoms with Gasteiger partial charge >= 0.3 is 0 Å². The second-order valence-electron chi connectivity index (χ2n) is 5.29. The lowest BCUT2D eigenvalue weighted by Crippen LogP contribution is -2.61. The van der Waals surface area contributed by atoms with Gasteiger partial charge in [-0.1, -0.05) is 0 Å². The van der Waals surface area contributed by atoms with Crippen molar-refractivity contribution >= 4 is 0 Å². The van der Waals surface area contributed by atoms with Gasteiger partial charge in [0.1, 0.15) is 48.8 Å². The van der Waals surface area contributed by atoms with E-state index < -0.39 is 74.9 Å². The van der Waals surface area contributed by atoms with Gasteiger partial charge in [0, 0.05) is 0 Å². The third kappa shape index (κ3) is 4.78. The van der Waals surface area contributed by atoms with Gasteiger partial charge in [0.05, 0.1) is 19.8 Å². The van der Waals surface area contributed by atoms with Crippen LogP contribution in [-0.4, -0.2) is 121 Å². The monoisotopic (exact) mass is 344 g/mol. The number of aliphatic hydroxyl groups is 9. The first-order chi connectivity index (χ1) is 10.8. The maximum Gasteiger partial charge on any atom is 0.187 e. The summed E-state index contributed by atoms with van der Waals surface area (Å²) < 4.78 is 10.1. The quantitative estimate of drug-likeness (QED) is 0.203. The first-order valence-corrected chi connectivity index (χ1v) is 7.00. The van der Waals surface area contributed by atoms with Crippen molar-refractivity contribution in [3.05, 3.63) is 0 Å². The van der Waals surface area contributed by atoms with Crippen molar-refractivity contribution in [3.8, 4) is 0 Å². The maximum absolute atomic E-state index is 9.83. The second kappa shape index (κ2) is 9.15. The molecule has 0 aliphatic carbocycles. The van der Waals surface area contributed by atoms with E-state index in [1.807, 2.05) is 0 Å². The van der Waals surface area contributed by atoms with Gasteiger partial charge in [0.2, 0.25) is 0 Å². The number of hydrogen-bond donors (Lipinski definition) is 9. The molecule has 1 rings (SSSR count). The number of hydrogen-bond acceptors (Lipinski definition) is 11. The number of aliphatic hydroxyl groups excluding tert-OH is 9. The van der Waals surface area contributed by atoms with Crippen LogP contribution >= 0.6 is 0 Å². The largest absolute Gasteiger partial charge is 0.394 e. The van der Waals surface area contributed by atoms with E-state index in [4.69, 9.17) is 24.8 Å². The Morgan fingerprint density at radius 3 is 1.87 bits per heavy atom. The van der Waals surface area contributed by atoms with E-state index >= 15 is 0 Å². The van der Waals surface area contributed by atoms with E-state index in [-0.39, 0.29) is 0 Å². The van der Waals surface area contributed by atoms with Crippen molar-refractivity contribution in [2.24, 2.45) is 0 Å². The first-order valence-electron chi connectivity index (χ1n) is 7.00. The highest BCUT2D eigenvalue weighted by atomic mass is 16.7. The zero-order chi connectivity index (χ0) is 17.7. The van der Waals surface area contributed by atoms with Gasteiger partial charge in [-0.05, 0) is 0 Å². The molecule has 0 aromatic heterocycles. The minimum atomic E-state index is -1.85. The molecule has 1 heterocycles. The lowest BCUT2D eigenvalue weighted by molar-refractivity contribution is -0.327. The minimum absolute atomic E-state index is 0.708. The Labute approximate surface area is 131 Å². The molecule has 0 radical (unpaired) electrons. The van der Waals surface area contributed by atoms with Crippen LogP contribution in [0.2, 0.25) is 0 Å². The molecule has 1 aliphatic rings. The summed E-state index contributed by atoms with van der Waals surface area (Å²) in [4.78, 5) is 0. The molecule has 0 spiro atoms. The maximum atomic E-state index is 9.83. The van der Waals surface area contributed by atoms with Gasteiger partial charge in [-0.2, -0.15) is 0 Å². The summed E-state index contributed by atoms with van der Waals surface area (Å²) in [7, 11) is 0. The van der Waals surface area contributed by atoms with E-state index in [9.17, 15) is 30.6 Å². The molecule has 0 amide bonds. The molecule has 0 saturated carbocycles. The van der Waals surface area contributed by atoms with Crippen molar-refractivity contribution < 1.29 is 55.4 Å². The smallest absolute Gasteiger partial charge is 0.187 e. The van der Waals surface area contributed by atoms with Crippen LogP contribution in [0.4, 0.5) is 0 Å². The molecule has 11 nitrogen and oxygen atoms in total. The minimum Gasteiger partial charge on any atom is -0.394 e. The van der Waals surface area contributed by atoms with Crippen LogP contribution in [0.1, 0.15) is 0 Å². The van der Waals surface area contributed by atoms with Crippen molar-refractivity contribution in [1.29, 1.82) is 0 Å². The average molecular weight is 344 g/mol. The summed E-state index contributed by atoms with van der Waals surface area (Å²) in [6.45, 7) is -2.45. The first kappa shape index (κ1) is 20.6. The SMILES string of the molecule is OC[C@@H](O)[C@@H](O)[C@H](O[C@@H]1O[C@H](CO)[C@@H](O)[C@H](O)[C@H]1O)[C@@H](O)CO. The molecule has 11 heteroatoms. The van der Waals surface area contributed by atoms with E-state index in [2.05, 4.69) is 0 Å². The fourth-order valence-electron chi connectivity index (χ4n) is 2.16. The Morgan fingerprint density at radius 2 is 1.39 bits per heavy atom. The summed E-state index contributed by atoms with van der Waals surface area (Å²) in [5.41, 5.74) is 0. The molecule has 9 atom stereocenters. The molecule has 1 aliphatic heterocycles. The Morgan fingerprint density at radius 1 is 0.826 bits per heavy atom. The molecule has 0 aromatic rings. The van der Waals surface area contributed by atoms with Crippen molar-refractivity contribution in [1.82, 2.24) is 0 Å². The molecule has 0 unspecified atom stereocenters. The van der Waals surface area contributed by atoms with Gasteiger partial charge < -0.3 is 55.4 Å². The Bertz CT molecular complexity index is 341. The lowest BCUT2D eigenvalue weighted by atomic mass is 9.98. The Balaban J connectivity index is 2.89. The molecule has 23 heavy (non-hydrogen) atoms. The summed E-state index contributed by atoms with van der Waals surface area (Å²) in [6.07, 6.45) is -15.1. The predicted octanol–water partition coefficient (Wildman–Crippen LogP) is -5.76. The third-order valence-corrected chi connectivity index (χ3v) is 3.62. The molecule has 1 fully saturated rings. The zero-order valence-corrected chi connectivity index (χ0v) is 12.2. The summed E-state index contributed by atoms with van der Waals surface area (Å²) in [5, 5.41) is 84.9. The molecule has 138 valence electrons. The highest BCUT2D eigenvalue weighted by molar-refractivity contribution is 4.91. The van der Waals surface area contributed by atoms with E-state index in [1.165, 1.54) is 0 Å². The topological polar surface area (TPSA) is 201 Å². The number of rotatable bonds is 8. The van der Waals surface area contributed by atoms with Gasteiger partial charge in [-0.3, -0.25) is 0 Å². The molecule has 1 saturated heterocycles. The summed E-state index contributed by atoms with van der Waals surface area (Å²) in [5.74, 6) is 0. The normalized spacial score (nSPS) is 37.2. The number of ether oxygens (including phenoxy) is 2. The van der Waals surface area contributed by atoms with Crippen molar-refractivity contribution in [2.75, 3.05) is 19.8 Å². The van der Waals surface area contributed by atoms with Crippen LogP contribution in [0, 0.1) is 0 Å². The molecule has 9 N–H and O–H groups in total. The lowest BCUT2D eigenvalue weighted by Gasteiger charge is -2.42. The van der Waals surface area contributed by atoms with Gasteiger partial charge in [0.25, 0.3) is 0 Å². The van der Waals surface area contributed by atoms with E-state index in [1.54, 1.807) is 0 Å². The van der Waals surface area contributed by atoms with Crippen LogP contribution in [0.15, 0.2) is 0 Å². The van der Waals surface area contributed by atoms with Gasteiger partial charge in [-0.25, -0.2) is 0 Å². The fourth-order valence-corrected chi connectivity index (χ4v) is 2.16. The van der Waals surface area contributed by atoms with Crippen molar-refractivity contribution in [3.63, 3.8) is 0 Å². The molecular formula is C12H24O11. The van der Waals surface area contributed by atoms with Crippen LogP contribution in [0.5, 0.6) is 0 Å². The molecule has 0 bridgehead atoms. The third-order valence-electron chi connectivity index (χ3n) is 3.62. The zero-order valence-electron chi connectivity index (χ0n) is 12.2. The van der Waals surface area contributed by atoms with Crippen LogP contribution in [-0.2, 0) is 9.47 Å². The summed E-state index contributed by atoms with van der Waals surface area (Å²) >= 11 is 0. The van der Waals surface area contributed by atoms with Crippen LogP contribution < -0.4 is 0 Å². The van der Waals surface area contributed by atoms with Gasteiger partial charge in [-0.15, -0.1) is 0 Å². The average Bonchev–Trinajstić information content (AvgIpc) is 2.57.